The van der Waals surface area contributed by atoms with E-state index in [1.165, 1.54) is 6.07 Å². The number of pyridine rings is 1. The maximum atomic E-state index is 13.0. The van der Waals surface area contributed by atoms with Gasteiger partial charge in [0.2, 0.25) is 0 Å². The predicted molar refractivity (Wildman–Crippen MR) is 68.7 cm³/mol. The van der Waals surface area contributed by atoms with Crippen molar-refractivity contribution >= 4 is 5.82 Å². The average Bonchev–Trinajstić information content (AvgIpc) is 2.37. The van der Waals surface area contributed by atoms with Gasteiger partial charge in [0.1, 0.15) is 11.6 Å². The van der Waals surface area contributed by atoms with Crippen LogP contribution in [-0.2, 0) is 12.6 Å². The molecule has 0 saturated heterocycles. The first-order chi connectivity index (χ1) is 9.41. The third-order valence-electron chi connectivity index (χ3n) is 2.67. The van der Waals surface area contributed by atoms with Crippen LogP contribution in [0.5, 0.6) is 0 Å². The van der Waals surface area contributed by atoms with Crippen molar-refractivity contribution in [2.45, 2.75) is 25.9 Å². The van der Waals surface area contributed by atoms with Crippen molar-refractivity contribution in [2.75, 3.05) is 5.73 Å². The molecule has 0 aliphatic rings. The van der Waals surface area contributed by atoms with Crippen LogP contribution in [0, 0.1) is 0 Å². The minimum absolute atomic E-state index is 0.0912. The van der Waals surface area contributed by atoms with E-state index < -0.39 is 11.7 Å². The fourth-order valence-electron chi connectivity index (χ4n) is 1.84. The molecule has 4 nitrogen and oxygen atoms in total. The number of halogens is 3. The fourth-order valence-corrected chi connectivity index (χ4v) is 1.84. The largest absolute Gasteiger partial charge is 0.417 e. The highest BCUT2D eigenvalue weighted by Crippen LogP contribution is 2.36. The second kappa shape index (κ2) is 5.44. The Labute approximate surface area is 113 Å². The van der Waals surface area contributed by atoms with Crippen molar-refractivity contribution in [3.05, 3.63) is 35.9 Å². The minimum Gasteiger partial charge on any atom is -0.384 e. The first-order valence-corrected chi connectivity index (χ1v) is 6.07. The van der Waals surface area contributed by atoms with Crippen molar-refractivity contribution < 1.29 is 13.2 Å². The molecule has 0 fully saturated rings. The molecular formula is C13H13F3N4. The second-order valence-corrected chi connectivity index (χ2v) is 4.26. The smallest absolute Gasteiger partial charge is 0.384 e. The van der Waals surface area contributed by atoms with Crippen LogP contribution in [0.2, 0.25) is 0 Å². The molecule has 2 N–H and O–H groups in total. The van der Waals surface area contributed by atoms with E-state index in [9.17, 15) is 13.2 Å². The highest BCUT2D eigenvalue weighted by atomic mass is 19.4. The highest BCUT2D eigenvalue weighted by Gasteiger charge is 2.34. The van der Waals surface area contributed by atoms with Gasteiger partial charge in [0.15, 0.2) is 0 Å². The van der Waals surface area contributed by atoms with Crippen molar-refractivity contribution in [3.8, 4) is 11.3 Å². The molecule has 0 atom stereocenters. The van der Waals surface area contributed by atoms with Gasteiger partial charge in [0, 0.05) is 30.4 Å². The quantitative estimate of drug-likeness (QED) is 0.939. The van der Waals surface area contributed by atoms with E-state index in [0.29, 0.717) is 12.2 Å². The maximum absolute atomic E-state index is 13.0. The van der Waals surface area contributed by atoms with Gasteiger partial charge in [-0.1, -0.05) is 6.92 Å². The number of alkyl halides is 3. The summed E-state index contributed by atoms with van der Waals surface area (Å²) in [7, 11) is 0. The Balaban J connectivity index is 2.57. The highest BCUT2D eigenvalue weighted by molar-refractivity contribution is 5.65. The van der Waals surface area contributed by atoms with Gasteiger partial charge in [-0.15, -0.1) is 0 Å². The molecule has 0 spiro atoms. The zero-order valence-corrected chi connectivity index (χ0v) is 10.8. The summed E-state index contributed by atoms with van der Waals surface area (Å²) in [5.74, 6) is 0.579. The zero-order chi connectivity index (χ0) is 14.8. The summed E-state index contributed by atoms with van der Waals surface area (Å²) in [6.07, 6.45) is -0.894. The van der Waals surface area contributed by atoms with Crippen LogP contribution in [-0.4, -0.2) is 15.0 Å². The van der Waals surface area contributed by atoms with Crippen LogP contribution < -0.4 is 5.73 Å². The lowest BCUT2D eigenvalue weighted by Crippen LogP contribution is -2.09. The van der Waals surface area contributed by atoms with E-state index in [4.69, 9.17) is 5.73 Å². The maximum Gasteiger partial charge on any atom is 0.417 e. The van der Waals surface area contributed by atoms with E-state index >= 15 is 0 Å². The van der Waals surface area contributed by atoms with Crippen molar-refractivity contribution in [2.24, 2.45) is 0 Å². The lowest BCUT2D eigenvalue weighted by molar-refractivity contribution is -0.137. The van der Waals surface area contributed by atoms with Gasteiger partial charge in [-0.05, 0) is 12.5 Å². The molecule has 0 amide bonds. The third-order valence-corrected chi connectivity index (χ3v) is 2.67. The third kappa shape index (κ3) is 3.04. The van der Waals surface area contributed by atoms with Gasteiger partial charge in [0.25, 0.3) is 0 Å². The Morgan fingerprint density at radius 1 is 1.25 bits per heavy atom. The van der Waals surface area contributed by atoms with E-state index in [0.717, 1.165) is 24.9 Å². The number of rotatable bonds is 3. The van der Waals surface area contributed by atoms with Gasteiger partial charge >= 0.3 is 6.18 Å². The molecule has 0 unspecified atom stereocenters. The second-order valence-electron chi connectivity index (χ2n) is 4.26. The number of hydrogen-bond acceptors (Lipinski definition) is 4. The monoisotopic (exact) mass is 282 g/mol. The Morgan fingerprint density at radius 3 is 2.65 bits per heavy atom. The number of aromatic nitrogens is 3. The van der Waals surface area contributed by atoms with Crippen LogP contribution in [0.25, 0.3) is 11.3 Å². The van der Waals surface area contributed by atoms with Crippen LogP contribution in [0.15, 0.2) is 24.5 Å². The number of hydrogen-bond donors (Lipinski definition) is 1. The van der Waals surface area contributed by atoms with Crippen molar-refractivity contribution in [1.82, 2.24) is 15.0 Å². The van der Waals surface area contributed by atoms with Gasteiger partial charge in [-0.3, -0.25) is 4.98 Å². The van der Waals surface area contributed by atoms with Crippen LogP contribution in [0.4, 0.5) is 19.0 Å². The lowest BCUT2D eigenvalue weighted by Gasteiger charge is -2.12. The summed E-state index contributed by atoms with van der Waals surface area (Å²) >= 11 is 0. The van der Waals surface area contributed by atoms with E-state index in [1.807, 2.05) is 6.92 Å². The molecule has 0 aromatic carbocycles. The molecule has 0 aliphatic heterocycles. The summed E-state index contributed by atoms with van der Waals surface area (Å²) in [6.45, 7) is 1.93. The Bertz CT molecular complexity index is 611. The summed E-state index contributed by atoms with van der Waals surface area (Å²) in [6, 6.07) is 2.25. The summed E-state index contributed by atoms with van der Waals surface area (Å²) < 4.78 is 38.9. The number of anilines is 1. The Morgan fingerprint density at radius 2 is 2.00 bits per heavy atom. The zero-order valence-electron chi connectivity index (χ0n) is 10.8. The number of aryl methyl sites for hydroxylation is 1. The fraction of sp³-hybridized carbons (Fsp3) is 0.308. The average molecular weight is 282 g/mol. The van der Waals surface area contributed by atoms with E-state index in [2.05, 4.69) is 15.0 Å². The molecule has 7 heteroatoms. The topological polar surface area (TPSA) is 64.7 Å². The molecule has 0 saturated carbocycles. The summed E-state index contributed by atoms with van der Waals surface area (Å²) in [4.78, 5) is 11.9. The number of nitrogens with zero attached hydrogens (tertiary/aromatic N) is 3. The number of nitrogens with two attached hydrogens (primary N) is 1. The lowest BCUT2D eigenvalue weighted by atomic mass is 10.1. The van der Waals surface area contributed by atoms with Gasteiger partial charge < -0.3 is 5.73 Å². The molecule has 2 aromatic rings. The van der Waals surface area contributed by atoms with E-state index in [1.54, 1.807) is 0 Å². The molecule has 2 rings (SSSR count). The molecule has 0 bridgehead atoms. The van der Waals surface area contributed by atoms with Crippen molar-refractivity contribution in [3.63, 3.8) is 0 Å². The molecule has 106 valence electrons. The van der Waals surface area contributed by atoms with Gasteiger partial charge in [-0.25, -0.2) is 9.97 Å². The normalized spacial score (nSPS) is 11.6. The Kier molecular flexibility index (Phi) is 3.87. The first-order valence-electron chi connectivity index (χ1n) is 6.07. The van der Waals surface area contributed by atoms with Crippen molar-refractivity contribution in [1.29, 1.82) is 0 Å². The molecule has 2 aromatic heterocycles. The van der Waals surface area contributed by atoms with Crippen LogP contribution in [0.1, 0.15) is 24.7 Å². The Hall–Kier alpha value is -2.18. The summed E-state index contributed by atoms with van der Waals surface area (Å²) in [5, 5.41) is 0. The SMILES string of the molecule is CCCc1nc(N)cc(-c2cnccc2C(F)(F)F)n1. The summed E-state index contributed by atoms with van der Waals surface area (Å²) in [5.41, 5.74) is 4.90. The van der Waals surface area contributed by atoms with Gasteiger partial charge in [-0.2, -0.15) is 13.2 Å². The van der Waals surface area contributed by atoms with E-state index in [-0.39, 0.29) is 17.1 Å². The molecular weight excluding hydrogens is 269 g/mol. The predicted octanol–water partition coefficient (Wildman–Crippen LogP) is 3.09. The van der Waals surface area contributed by atoms with Crippen LogP contribution in [0.3, 0.4) is 0 Å². The molecule has 0 radical (unpaired) electrons. The molecule has 2 heterocycles. The number of nitrogen functional groups attached to an aromatic ring is 1. The molecule has 0 aliphatic carbocycles. The van der Waals surface area contributed by atoms with Crippen LogP contribution >= 0.6 is 0 Å². The minimum atomic E-state index is -4.47. The molecule has 20 heavy (non-hydrogen) atoms. The standard InChI is InChI=1S/C13H13F3N4/c1-2-3-12-19-10(6-11(17)20-12)8-7-18-5-4-9(8)13(14,15)16/h4-7H,2-3H2,1H3,(H2,17,19,20). The first kappa shape index (κ1) is 14.2. The van der Waals surface area contributed by atoms with Gasteiger partial charge in [0.05, 0.1) is 11.3 Å².